The Morgan fingerprint density at radius 3 is 2.38 bits per heavy atom. The van der Waals surface area contributed by atoms with E-state index in [4.69, 9.17) is 16.7 Å². The average molecular weight is 322 g/mol. The zero-order chi connectivity index (χ0) is 15.1. The van der Waals surface area contributed by atoms with Crippen molar-refractivity contribution in [2.24, 2.45) is 0 Å². The minimum atomic E-state index is -0.838. The van der Waals surface area contributed by atoms with Crippen molar-refractivity contribution in [2.45, 2.75) is 4.90 Å². The number of carboxylic acid groups (broad SMARTS) is 1. The maximum absolute atomic E-state index is 11.0. The Labute approximate surface area is 133 Å². The van der Waals surface area contributed by atoms with Crippen LogP contribution in [-0.4, -0.2) is 29.9 Å². The number of benzene rings is 2. The number of hydrogen-bond donors (Lipinski definition) is 1. The number of anilines is 1. The Kier molecular flexibility index (Phi) is 5.96. The molecule has 0 aliphatic heterocycles. The van der Waals surface area contributed by atoms with Gasteiger partial charge >= 0.3 is 5.97 Å². The van der Waals surface area contributed by atoms with Crippen LogP contribution in [0.4, 0.5) is 5.69 Å². The number of aliphatic carboxylic acids is 1. The number of rotatable bonds is 7. The van der Waals surface area contributed by atoms with Gasteiger partial charge in [0.05, 0.1) is 0 Å². The molecule has 0 saturated carbocycles. The lowest BCUT2D eigenvalue weighted by Gasteiger charge is -2.22. The van der Waals surface area contributed by atoms with Gasteiger partial charge in [-0.3, -0.25) is 4.79 Å². The normalized spacial score (nSPS) is 10.3. The first-order chi connectivity index (χ1) is 10.1. The fraction of sp³-hybridized carbons (Fsp3) is 0.188. The van der Waals surface area contributed by atoms with E-state index in [0.717, 1.165) is 11.4 Å². The second kappa shape index (κ2) is 7.96. The molecule has 0 radical (unpaired) electrons. The van der Waals surface area contributed by atoms with Gasteiger partial charge in [0, 0.05) is 27.9 Å². The van der Waals surface area contributed by atoms with Crippen LogP contribution in [-0.2, 0) is 4.79 Å². The molecule has 110 valence electrons. The number of halogens is 1. The third kappa shape index (κ3) is 5.33. The number of carboxylic acids is 1. The number of carbonyl (C=O) groups is 1. The molecule has 0 aliphatic carbocycles. The largest absolute Gasteiger partial charge is 0.480 e. The van der Waals surface area contributed by atoms with Crippen molar-refractivity contribution in [3.05, 3.63) is 59.6 Å². The summed E-state index contributed by atoms with van der Waals surface area (Å²) in [4.78, 5) is 14.0. The van der Waals surface area contributed by atoms with Crippen molar-refractivity contribution in [2.75, 3.05) is 23.7 Å². The summed E-state index contributed by atoms with van der Waals surface area (Å²) in [5.41, 5.74) is 0.871. The van der Waals surface area contributed by atoms with Gasteiger partial charge in [0.1, 0.15) is 6.54 Å². The van der Waals surface area contributed by atoms with E-state index >= 15 is 0 Å². The van der Waals surface area contributed by atoms with Gasteiger partial charge in [0.2, 0.25) is 0 Å². The van der Waals surface area contributed by atoms with Gasteiger partial charge in [-0.25, -0.2) is 0 Å². The van der Waals surface area contributed by atoms with E-state index in [2.05, 4.69) is 12.1 Å². The summed E-state index contributed by atoms with van der Waals surface area (Å²) in [6.07, 6.45) is 0. The van der Waals surface area contributed by atoms with Crippen LogP contribution >= 0.6 is 23.4 Å². The summed E-state index contributed by atoms with van der Waals surface area (Å²) >= 11 is 7.58. The summed E-state index contributed by atoms with van der Waals surface area (Å²) in [6, 6.07) is 17.3. The molecule has 0 atom stereocenters. The van der Waals surface area contributed by atoms with Crippen molar-refractivity contribution in [1.82, 2.24) is 0 Å². The predicted octanol–water partition coefficient (Wildman–Crippen LogP) is 4.02. The zero-order valence-corrected chi connectivity index (χ0v) is 13.0. The van der Waals surface area contributed by atoms with Crippen molar-refractivity contribution >= 4 is 35.0 Å². The summed E-state index contributed by atoms with van der Waals surface area (Å²) in [6.45, 7) is 0.643. The van der Waals surface area contributed by atoms with E-state index in [1.165, 1.54) is 4.90 Å². The predicted molar refractivity (Wildman–Crippen MR) is 88.5 cm³/mol. The van der Waals surface area contributed by atoms with E-state index in [1.807, 2.05) is 35.2 Å². The maximum Gasteiger partial charge on any atom is 0.323 e. The van der Waals surface area contributed by atoms with Gasteiger partial charge in [-0.05, 0) is 36.4 Å². The van der Waals surface area contributed by atoms with Crippen LogP contribution in [0, 0.1) is 0 Å². The van der Waals surface area contributed by atoms with Crippen molar-refractivity contribution < 1.29 is 9.90 Å². The highest BCUT2D eigenvalue weighted by molar-refractivity contribution is 7.99. The molecule has 1 N–H and O–H groups in total. The first-order valence-electron chi connectivity index (χ1n) is 6.55. The molecule has 21 heavy (non-hydrogen) atoms. The molecule has 3 nitrogen and oxygen atoms in total. The number of hydrogen-bond acceptors (Lipinski definition) is 3. The summed E-state index contributed by atoms with van der Waals surface area (Å²) in [7, 11) is 0. The molecule has 0 unspecified atom stereocenters. The molecule has 2 aromatic rings. The van der Waals surface area contributed by atoms with Crippen LogP contribution in [0.5, 0.6) is 0 Å². The van der Waals surface area contributed by atoms with Crippen LogP contribution in [0.25, 0.3) is 0 Å². The lowest BCUT2D eigenvalue weighted by Crippen LogP contribution is -2.31. The summed E-state index contributed by atoms with van der Waals surface area (Å²) in [5.74, 6) is -0.0189. The van der Waals surface area contributed by atoms with Crippen LogP contribution in [0.2, 0.25) is 5.02 Å². The van der Waals surface area contributed by atoms with Crippen LogP contribution < -0.4 is 4.90 Å². The molecule has 2 rings (SSSR count). The third-order valence-electron chi connectivity index (χ3n) is 2.89. The molecule has 0 aromatic heterocycles. The molecule has 0 aliphatic rings. The quantitative estimate of drug-likeness (QED) is 0.782. The molecule has 0 amide bonds. The second-order valence-corrected chi connectivity index (χ2v) is 6.06. The Morgan fingerprint density at radius 1 is 1.10 bits per heavy atom. The van der Waals surface area contributed by atoms with Gasteiger partial charge in [-0.2, -0.15) is 0 Å². The van der Waals surface area contributed by atoms with E-state index < -0.39 is 5.97 Å². The van der Waals surface area contributed by atoms with Gasteiger partial charge in [-0.15, -0.1) is 11.8 Å². The van der Waals surface area contributed by atoms with E-state index in [0.29, 0.717) is 11.6 Å². The van der Waals surface area contributed by atoms with Gasteiger partial charge in [-0.1, -0.05) is 29.8 Å². The minimum absolute atomic E-state index is 0.0169. The molecule has 0 spiro atoms. The van der Waals surface area contributed by atoms with Crippen molar-refractivity contribution in [1.29, 1.82) is 0 Å². The van der Waals surface area contributed by atoms with Crippen molar-refractivity contribution in [3.8, 4) is 0 Å². The molecule has 5 heteroatoms. The topological polar surface area (TPSA) is 40.5 Å². The standard InChI is InChI=1S/C16H16ClNO2S/c17-13-6-8-14(9-7-13)18(12-16(19)20)10-11-21-15-4-2-1-3-5-15/h1-9H,10-12H2,(H,19,20). The van der Waals surface area contributed by atoms with Crippen LogP contribution in [0.15, 0.2) is 59.5 Å². The molecule has 0 saturated heterocycles. The fourth-order valence-corrected chi connectivity index (χ4v) is 2.93. The highest BCUT2D eigenvalue weighted by atomic mass is 35.5. The summed E-state index contributed by atoms with van der Waals surface area (Å²) in [5, 5.41) is 9.69. The van der Waals surface area contributed by atoms with Gasteiger partial charge in [0.15, 0.2) is 0 Å². The highest BCUT2D eigenvalue weighted by Crippen LogP contribution is 2.21. The Balaban J connectivity index is 1.96. The molecular formula is C16H16ClNO2S. The first-order valence-corrected chi connectivity index (χ1v) is 7.91. The fourth-order valence-electron chi connectivity index (χ4n) is 1.91. The number of thioether (sulfide) groups is 1. The number of nitrogens with zero attached hydrogens (tertiary/aromatic N) is 1. The average Bonchev–Trinajstić information content (AvgIpc) is 2.48. The lowest BCUT2D eigenvalue weighted by atomic mass is 10.3. The molecular weight excluding hydrogens is 306 g/mol. The minimum Gasteiger partial charge on any atom is -0.480 e. The second-order valence-electron chi connectivity index (χ2n) is 4.45. The lowest BCUT2D eigenvalue weighted by molar-refractivity contribution is -0.135. The smallest absolute Gasteiger partial charge is 0.323 e. The molecule has 0 heterocycles. The van der Waals surface area contributed by atoms with Gasteiger partial charge in [0.25, 0.3) is 0 Å². The molecule has 0 fully saturated rings. The molecule has 0 bridgehead atoms. The highest BCUT2D eigenvalue weighted by Gasteiger charge is 2.10. The van der Waals surface area contributed by atoms with E-state index in [1.54, 1.807) is 23.9 Å². The zero-order valence-electron chi connectivity index (χ0n) is 11.4. The van der Waals surface area contributed by atoms with Crippen LogP contribution in [0.1, 0.15) is 0 Å². The Hall–Kier alpha value is -1.65. The monoisotopic (exact) mass is 321 g/mol. The third-order valence-corrected chi connectivity index (χ3v) is 4.14. The SMILES string of the molecule is O=C(O)CN(CCSc1ccccc1)c1ccc(Cl)cc1. The van der Waals surface area contributed by atoms with Gasteiger partial charge < -0.3 is 10.0 Å². The van der Waals surface area contributed by atoms with Crippen molar-refractivity contribution in [3.63, 3.8) is 0 Å². The van der Waals surface area contributed by atoms with E-state index in [-0.39, 0.29) is 6.54 Å². The van der Waals surface area contributed by atoms with Crippen LogP contribution in [0.3, 0.4) is 0 Å². The molecule has 2 aromatic carbocycles. The first kappa shape index (κ1) is 15.7. The Bertz CT molecular complexity index is 575. The van der Waals surface area contributed by atoms with E-state index in [9.17, 15) is 4.79 Å². The summed E-state index contributed by atoms with van der Waals surface area (Å²) < 4.78 is 0. The Morgan fingerprint density at radius 2 is 1.76 bits per heavy atom. The maximum atomic E-state index is 11.0.